The van der Waals surface area contributed by atoms with E-state index in [4.69, 9.17) is 28.0 Å². The molecule has 7 nitrogen and oxygen atoms in total. The first kappa shape index (κ1) is 22.5. The van der Waals surface area contributed by atoms with Crippen molar-refractivity contribution >= 4 is 56.5 Å². The van der Waals surface area contributed by atoms with E-state index in [1.165, 1.54) is 0 Å². The Balaban J connectivity index is -0.0000000383. The minimum atomic E-state index is -3.97. The van der Waals surface area contributed by atoms with Crippen molar-refractivity contribution in [2.24, 2.45) is 0 Å². The van der Waals surface area contributed by atoms with Gasteiger partial charge in [0.1, 0.15) is 0 Å². The fourth-order valence-corrected chi connectivity index (χ4v) is 0. The van der Waals surface area contributed by atoms with Crippen LogP contribution in [-0.2, 0) is 9.15 Å². The van der Waals surface area contributed by atoms with Crippen molar-refractivity contribution in [1.29, 1.82) is 0 Å². The van der Waals surface area contributed by atoms with Gasteiger partial charge in [0.25, 0.3) is 0 Å². The van der Waals surface area contributed by atoms with Crippen LogP contribution in [-0.4, -0.2) is 58.9 Å². The van der Waals surface area contributed by atoms with Gasteiger partial charge in [0.2, 0.25) is 0 Å². The summed E-state index contributed by atoms with van der Waals surface area (Å²) in [7, 11) is -3.97. The number of carboxylic acid groups (broad SMARTS) is 2. The zero-order valence-electron chi connectivity index (χ0n) is 4.63. The van der Waals surface area contributed by atoms with Crippen molar-refractivity contribution in [1.82, 2.24) is 6.15 Å². The summed E-state index contributed by atoms with van der Waals surface area (Å²) >= 11 is 2.65. The van der Waals surface area contributed by atoms with Crippen LogP contribution in [0.3, 0.4) is 0 Å². The van der Waals surface area contributed by atoms with Gasteiger partial charge in [0, 0.05) is 0 Å². The minimum absolute atomic E-state index is 0. The molecule has 0 saturated heterocycles. The van der Waals surface area contributed by atoms with E-state index in [2.05, 4.69) is 11.7 Å². The Labute approximate surface area is 90.2 Å². The standard InChI is InChI=1S/CH2O3.H3N.Na.H2O3S2.H/c2-1(3)4;;;1-5(2,3)4;/h(H2,2,3,4);1H3;;(H2,1,2,3,4);. The first-order chi connectivity index (χ1) is 3.73. The summed E-state index contributed by atoms with van der Waals surface area (Å²) in [6, 6.07) is 0. The maximum atomic E-state index is 9.05. The molecule has 0 aliphatic rings. The third-order valence-electron chi connectivity index (χ3n) is 0. The van der Waals surface area contributed by atoms with Crippen molar-refractivity contribution in [3.8, 4) is 0 Å². The summed E-state index contributed by atoms with van der Waals surface area (Å²) in [6.45, 7) is 0. The van der Waals surface area contributed by atoms with Gasteiger partial charge in [0.05, 0.1) is 0 Å². The first-order valence-corrected chi connectivity index (χ1v) is 3.84. The molecule has 0 spiro atoms. The molecule has 0 amide bonds. The van der Waals surface area contributed by atoms with Crippen LogP contribution in [0, 0.1) is 0 Å². The molecule has 0 radical (unpaired) electrons. The van der Waals surface area contributed by atoms with Gasteiger partial charge in [-0.15, -0.1) is 0 Å². The predicted molar refractivity (Wildman–Crippen MR) is 43.4 cm³/mol. The number of hydrogen-bond donors (Lipinski definition) is 5. The predicted octanol–water partition coefficient (Wildman–Crippen LogP) is -0.545. The average Bonchev–Trinajstić information content (AvgIpc) is 1.19. The Morgan fingerprint density at radius 1 is 1.27 bits per heavy atom. The van der Waals surface area contributed by atoms with Crippen LogP contribution >= 0.6 is 11.7 Å². The maximum absolute atomic E-state index is 9.05. The average molecular weight is 217 g/mol. The van der Waals surface area contributed by atoms with E-state index in [1.807, 2.05) is 0 Å². The van der Waals surface area contributed by atoms with Crippen molar-refractivity contribution in [2.75, 3.05) is 0 Å². The summed E-state index contributed by atoms with van der Waals surface area (Å²) in [5.74, 6) is 0. The molecule has 0 aliphatic carbocycles. The molecule has 66 valence electrons. The summed E-state index contributed by atoms with van der Waals surface area (Å²) in [4.78, 5) is 8.56. The van der Waals surface area contributed by atoms with Crippen LogP contribution in [0.4, 0.5) is 4.79 Å². The van der Waals surface area contributed by atoms with Gasteiger partial charge >= 0.3 is 44.9 Å². The van der Waals surface area contributed by atoms with Crippen molar-refractivity contribution in [3.63, 3.8) is 0 Å². The van der Waals surface area contributed by atoms with Gasteiger partial charge in [-0.3, -0.25) is 4.55 Å². The third-order valence-corrected chi connectivity index (χ3v) is 0. The van der Waals surface area contributed by atoms with Crippen LogP contribution in [0.5, 0.6) is 0 Å². The summed E-state index contributed by atoms with van der Waals surface area (Å²) < 4.78 is 25.5. The van der Waals surface area contributed by atoms with E-state index in [0.29, 0.717) is 0 Å². The number of thiol groups is 1. The second-order valence-corrected chi connectivity index (χ2v) is 3.01. The monoisotopic (exact) mass is 217 g/mol. The molecule has 0 fully saturated rings. The van der Waals surface area contributed by atoms with E-state index in [-0.39, 0.29) is 35.7 Å². The van der Waals surface area contributed by atoms with Gasteiger partial charge in [-0.2, -0.15) is 8.42 Å². The Morgan fingerprint density at radius 3 is 1.27 bits per heavy atom. The summed E-state index contributed by atoms with van der Waals surface area (Å²) in [5.41, 5.74) is 0. The molecule has 0 saturated carbocycles. The molecule has 0 unspecified atom stereocenters. The molecule has 0 rings (SSSR count). The van der Waals surface area contributed by atoms with Crippen molar-refractivity contribution < 1.29 is 28.0 Å². The SMILES string of the molecule is N.O=C(O)O.O=S(=O)(O)S.[NaH]. The molecule has 0 heterocycles. The molecular weight excluding hydrogens is 209 g/mol. The zero-order chi connectivity index (χ0) is 8.08. The fraction of sp³-hybridized carbons (Fsp3) is 0. The molecule has 0 aromatic carbocycles. The number of hydrogen-bond acceptors (Lipinski definition) is 4. The van der Waals surface area contributed by atoms with Crippen molar-refractivity contribution in [2.45, 2.75) is 0 Å². The molecule has 0 bridgehead atoms. The third kappa shape index (κ3) is 3150. The molecular formula is CH8NNaO6S2. The Bertz CT molecular complexity index is 163. The molecule has 0 aliphatic heterocycles. The van der Waals surface area contributed by atoms with Gasteiger partial charge in [0.15, 0.2) is 0 Å². The summed E-state index contributed by atoms with van der Waals surface area (Å²) in [6.07, 6.45) is -1.83. The zero-order valence-corrected chi connectivity index (χ0v) is 6.34. The fourth-order valence-electron chi connectivity index (χ4n) is 0. The molecule has 0 atom stereocenters. The van der Waals surface area contributed by atoms with Crippen LogP contribution in [0.2, 0.25) is 0 Å². The van der Waals surface area contributed by atoms with E-state index in [9.17, 15) is 0 Å². The van der Waals surface area contributed by atoms with Crippen LogP contribution in [0.25, 0.3) is 0 Å². The van der Waals surface area contributed by atoms with E-state index in [1.54, 1.807) is 0 Å². The summed E-state index contributed by atoms with van der Waals surface area (Å²) in [5, 5.41) is 13.9. The first-order valence-electron chi connectivity index (χ1n) is 1.35. The van der Waals surface area contributed by atoms with Gasteiger partial charge in [-0.05, 0) is 11.7 Å². The Kier molecular flexibility index (Phi) is 21.5. The normalized spacial score (nSPS) is 7.45. The van der Waals surface area contributed by atoms with Crippen LogP contribution in [0.15, 0.2) is 0 Å². The number of carbonyl (C=O) groups is 1. The molecule has 0 aromatic heterocycles. The quantitative estimate of drug-likeness (QED) is 0.158. The topological polar surface area (TPSA) is 147 Å². The van der Waals surface area contributed by atoms with Gasteiger partial charge in [-0.25, -0.2) is 4.79 Å². The molecule has 0 aromatic rings. The van der Waals surface area contributed by atoms with E-state index >= 15 is 0 Å². The Hall–Kier alpha value is 0.490. The number of rotatable bonds is 0. The van der Waals surface area contributed by atoms with Crippen LogP contribution in [0.1, 0.15) is 0 Å². The van der Waals surface area contributed by atoms with Gasteiger partial charge in [-0.1, -0.05) is 0 Å². The molecule has 6 N–H and O–H groups in total. The molecule has 10 heteroatoms. The van der Waals surface area contributed by atoms with Crippen molar-refractivity contribution in [3.05, 3.63) is 0 Å². The second-order valence-electron chi connectivity index (χ2n) is 0.730. The second kappa shape index (κ2) is 10.5. The van der Waals surface area contributed by atoms with Crippen LogP contribution < -0.4 is 6.15 Å². The van der Waals surface area contributed by atoms with Gasteiger partial charge < -0.3 is 16.4 Å². The molecule has 11 heavy (non-hydrogen) atoms. The Morgan fingerprint density at radius 2 is 1.27 bits per heavy atom. The van der Waals surface area contributed by atoms with E-state index in [0.717, 1.165) is 0 Å². The van der Waals surface area contributed by atoms with E-state index < -0.39 is 15.3 Å².